The van der Waals surface area contributed by atoms with E-state index in [0.29, 0.717) is 35.7 Å². The molecule has 2 aliphatic rings. The summed E-state index contributed by atoms with van der Waals surface area (Å²) in [6, 6.07) is 4.69. The number of fused-ring (bicyclic) bond motifs is 1. The first-order valence-corrected chi connectivity index (χ1v) is 11.6. The van der Waals surface area contributed by atoms with Gasteiger partial charge in [-0.15, -0.1) is 0 Å². The van der Waals surface area contributed by atoms with Crippen LogP contribution in [0.25, 0.3) is 0 Å². The van der Waals surface area contributed by atoms with Crippen LogP contribution in [0.15, 0.2) is 36.8 Å². The molecule has 0 saturated heterocycles. The maximum absolute atomic E-state index is 13.4. The summed E-state index contributed by atoms with van der Waals surface area (Å²) in [6.07, 6.45) is 6.60. The summed E-state index contributed by atoms with van der Waals surface area (Å²) in [4.78, 5) is 38.0. The average molecular weight is 463 g/mol. The Morgan fingerprint density at radius 1 is 1.35 bits per heavy atom. The second-order valence-corrected chi connectivity index (χ2v) is 9.16. The summed E-state index contributed by atoms with van der Waals surface area (Å²) in [5.74, 6) is 6.45. The Bertz CT molecular complexity index is 1110. The van der Waals surface area contributed by atoms with Crippen molar-refractivity contribution in [1.82, 2.24) is 19.8 Å². The minimum Gasteiger partial charge on any atom is -0.472 e. The quantitative estimate of drug-likeness (QED) is 0.685. The molecule has 1 saturated carbocycles. The topological polar surface area (TPSA) is 95.9 Å². The molecule has 0 bridgehead atoms. The molecule has 2 aromatic heterocycles. The third-order valence-electron chi connectivity index (χ3n) is 6.25. The lowest BCUT2D eigenvalue weighted by Crippen LogP contribution is -2.50. The van der Waals surface area contributed by atoms with Crippen LogP contribution in [-0.4, -0.2) is 75.6 Å². The van der Waals surface area contributed by atoms with Crippen LogP contribution >= 0.6 is 0 Å². The highest BCUT2D eigenvalue weighted by atomic mass is 16.5. The second kappa shape index (κ2) is 10.2. The zero-order chi connectivity index (χ0) is 24.2. The number of ether oxygens (including phenoxy) is 1. The maximum Gasteiger partial charge on any atom is 0.259 e. The number of aliphatic hydroxyl groups excluding tert-OH is 1. The molecule has 0 spiro atoms. The van der Waals surface area contributed by atoms with E-state index in [1.165, 1.54) is 0 Å². The molecule has 0 unspecified atom stereocenters. The van der Waals surface area contributed by atoms with E-state index >= 15 is 0 Å². The zero-order valence-corrected chi connectivity index (χ0v) is 19.8. The van der Waals surface area contributed by atoms with E-state index in [0.717, 1.165) is 12.8 Å². The lowest BCUT2D eigenvalue weighted by Gasteiger charge is -2.37. The fourth-order valence-electron chi connectivity index (χ4n) is 3.87. The summed E-state index contributed by atoms with van der Waals surface area (Å²) in [6.45, 7) is 4.31. The number of hydrogen-bond donors (Lipinski definition) is 1. The van der Waals surface area contributed by atoms with Gasteiger partial charge in [-0.3, -0.25) is 14.6 Å². The van der Waals surface area contributed by atoms with E-state index in [1.807, 2.05) is 13.8 Å². The number of carbonyl (C=O) groups is 2. The van der Waals surface area contributed by atoms with Crippen molar-refractivity contribution in [3.05, 3.63) is 53.5 Å². The van der Waals surface area contributed by atoms with Gasteiger partial charge in [0, 0.05) is 55.1 Å². The highest BCUT2D eigenvalue weighted by molar-refractivity contribution is 5.97. The zero-order valence-electron chi connectivity index (χ0n) is 19.8. The van der Waals surface area contributed by atoms with Crippen LogP contribution in [-0.2, 0) is 0 Å². The highest BCUT2D eigenvalue weighted by Gasteiger charge is 2.34. The van der Waals surface area contributed by atoms with Crippen LogP contribution < -0.4 is 4.74 Å². The van der Waals surface area contributed by atoms with E-state index in [9.17, 15) is 14.7 Å². The first-order valence-electron chi connectivity index (χ1n) is 11.6. The molecule has 3 heterocycles. The van der Waals surface area contributed by atoms with Crippen LogP contribution in [0.1, 0.15) is 53.0 Å². The number of likely N-dealkylation sites (N-methyl/N-ethyl adjacent to an activating group) is 1. The maximum atomic E-state index is 13.4. The van der Waals surface area contributed by atoms with E-state index in [1.54, 1.807) is 53.6 Å². The Kier molecular flexibility index (Phi) is 7.13. The normalized spacial score (nSPS) is 20.7. The third kappa shape index (κ3) is 5.37. The lowest BCUT2D eigenvalue weighted by molar-refractivity contribution is 0.0313. The molecule has 34 heavy (non-hydrogen) atoms. The van der Waals surface area contributed by atoms with Gasteiger partial charge in [-0.2, -0.15) is 0 Å². The van der Waals surface area contributed by atoms with Crippen molar-refractivity contribution in [2.75, 3.05) is 26.7 Å². The van der Waals surface area contributed by atoms with Crippen LogP contribution in [0, 0.1) is 23.7 Å². The third-order valence-corrected chi connectivity index (χ3v) is 6.25. The van der Waals surface area contributed by atoms with Gasteiger partial charge in [0.1, 0.15) is 11.7 Å². The molecule has 0 radical (unpaired) electrons. The summed E-state index contributed by atoms with van der Waals surface area (Å²) >= 11 is 0. The van der Waals surface area contributed by atoms with Crippen molar-refractivity contribution in [3.63, 3.8) is 0 Å². The molecule has 1 aliphatic heterocycles. The van der Waals surface area contributed by atoms with Crippen LogP contribution in [0.2, 0.25) is 0 Å². The Balaban J connectivity index is 1.63. The van der Waals surface area contributed by atoms with Gasteiger partial charge in [-0.05, 0) is 38.0 Å². The molecule has 178 valence electrons. The van der Waals surface area contributed by atoms with Crippen molar-refractivity contribution in [2.45, 2.75) is 38.8 Å². The molecule has 1 N–H and O–H groups in total. The van der Waals surface area contributed by atoms with Crippen molar-refractivity contribution < 1.29 is 19.4 Å². The van der Waals surface area contributed by atoms with Crippen LogP contribution in [0.5, 0.6) is 5.88 Å². The summed E-state index contributed by atoms with van der Waals surface area (Å²) in [7, 11) is 1.72. The average Bonchev–Trinajstić information content (AvgIpc) is 3.69. The molecule has 2 amide bonds. The molecule has 1 aliphatic carbocycles. The molecule has 8 heteroatoms. The van der Waals surface area contributed by atoms with Gasteiger partial charge < -0.3 is 19.6 Å². The van der Waals surface area contributed by atoms with E-state index in [2.05, 4.69) is 21.8 Å². The van der Waals surface area contributed by atoms with Gasteiger partial charge in [-0.1, -0.05) is 18.8 Å². The lowest BCUT2D eigenvalue weighted by atomic mass is 9.99. The molecule has 8 nitrogen and oxygen atoms in total. The molecule has 0 aromatic carbocycles. The van der Waals surface area contributed by atoms with E-state index in [-0.39, 0.29) is 36.3 Å². The number of carbonyl (C=O) groups excluding carboxylic acids is 2. The number of pyridine rings is 2. The second-order valence-electron chi connectivity index (χ2n) is 9.16. The fourth-order valence-corrected chi connectivity index (χ4v) is 3.87. The molecule has 4 rings (SSSR count). The summed E-state index contributed by atoms with van der Waals surface area (Å²) in [5, 5.41) is 9.80. The SMILES string of the molecule is C[C@@H]1CN([C@@H](C)CO)C(=O)c2cc(C#CC3CC3)cnc2O[C@H]1CN(C)C(=O)c1ccncc1. The van der Waals surface area contributed by atoms with E-state index in [4.69, 9.17) is 4.74 Å². The molecule has 1 fully saturated rings. The minimum atomic E-state index is -0.410. The highest BCUT2D eigenvalue weighted by Crippen LogP contribution is 2.29. The Hall–Kier alpha value is -3.44. The van der Waals surface area contributed by atoms with Crippen molar-refractivity contribution in [3.8, 4) is 17.7 Å². The van der Waals surface area contributed by atoms with Gasteiger partial charge in [0.05, 0.1) is 19.2 Å². The number of amides is 2. The minimum absolute atomic E-state index is 0.116. The van der Waals surface area contributed by atoms with Crippen LogP contribution in [0.4, 0.5) is 0 Å². The number of aromatic nitrogens is 2. The summed E-state index contributed by atoms with van der Waals surface area (Å²) in [5.41, 5.74) is 1.52. The monoisotopic (exact) mass is 462 g/mol. The fraction of sp³-hybridized carbons (Fsp3) is 0.462. The largest absolute Gasteiger partial charge is 0.472 e. The van der Waals surface area contributed by atoms with Gasteiger partial charge >= 0.3 is 0 Å². The Morgan fingerprint density at radius 3 is 2.76 bits per heavy atom. The van der Waals surface area contributed by atoms with Crippen molar-refractivity contribution in [1.29, 1.82) is 0 Å². The number of aliphatic hydroxyl groups is 1. The molecule has 3 atom stereocenters. The smallest absolute Gasteiger partial charge is 0.259 e. The molecule has 2 aromatic rings. The van der Waals surface area contributed by atoms with Gasteiger partial charge in [-0.25, -0.2) is 4.98 Å². The predicted molar refractivity (Wildman–Crippen MR) is 126 cm³/mol. The Morgan fingerprint density at radius 2 is 2.09 bits per heavy atom. The number of rotatable bonds is 5. The standard InChI is InChI=1S/C26H30N4O4/c1-17-14-30(18(2)16-31)26(33)22-12-20(7-6-19-4-5-19)13-28-24(22)34-23(17)15-29(3)25(32)21-8-10-27-11-9-21/h8-13,17-19,23,31H,4-5,14-16H2,1-3H3/t17-,18+,23+/m1/s1. The van der Waals surface area contributed by atoms with Gasteiger partial charge in [0.25, 0.3) is 11.8 Å². The number of nitrogens with zero attached hydrogens (tertiary/aromatic N) is 4. The first kappa shape index (κ1) is 23.7. The van der Waals surface area contributed by atoms with E-state index < -0.39 is 6.10 Å². The molecular formula is C26H30N4O4. The predicted octanol–water partition coefficient (Wildman–Crippen LogP) is 2.23. The number of hydrogen-bond acceptors (Lipinski definition) is 6. The van der Waals surface area contributed by atoms with Crippen molar-refractivity contribution >= 4 is 11.8 Å². The first-order chi connectivity index (χ1) is 16.4. The van der Waals surface area contributed by atoms with Crippen molar-refractivity contribution in [2.24, 2.45) is 11.8 Å². The van der Waals surface area contributed by atoms with Gasteiger partial charge in [0.2, 0.25) is 5.88 Å². The van der Waals surface area contributed by atoms with Crippen LogP contribution in [0.3, 0.4) is 0 Å². The Labute approximate surface area is 200 Å². The van der Waals surface area contributed by atoms with Gasteiger partial charge in [0.15, 0.2) is 0 Å². The summed E-state index contributed by atoms with van der Waals surface area (Å²) < 4.78 is 6.26. The molecular weight excluding hydrogens is 432 g/mol.